The predicted octanol–water partition coefficient (Wildman–Crippen LogP) is 4.76. The summed E-state index contributed by atoms with van der Waals surface area (Å²) in [7, 11) is 0. The molecule has 10 N–H and O–H groups in total. The average Bonchev–Trinajstić information content (AvgIpc) is 3.65. The number of rotatable bonds is 17. The molecular formula is C46H50ClN3O17. The zero-order valence-electron chi connectivity index (χ0n) is 35.7. The summed E-state index contributed by atoms with van der Waals surface area (Å²) in [6, 6.07) is 29.1. The van der Waals surface area contributed by atoms with E-state index in [0.29, 0.717) is 17.5 Å². The third kappa shape index (κ3) is 13.5. The number of aliphatic carboxylic acids is 6. The molecule has 2 atom stereocenters. The number of ether oxygens (including phenoxy) is 1. The fourth-order valence-corrected chi connectivity index (χ4v) is 8.13. The molecule has 1 aromatic heterocycles. The first kappa shape index (κ1) is 51.5. The standard InChI is InChI=1S/C34H34ClN3O3.2C6H8O7/c35-28-20-25-10-7-17-38-32(25)30(22-28)37-19-18-36-29-13-15-33(16-14-29)39-31-21-26(24-8-3-1-4-9-24)23-34(31,41-40-33)27-11-5-2-6-12-27;2*7-3(8)1-6(13,5(11)12)2-4(9)10/h1-12,17,20-22,29,31,36-37H,13-16,18-19,23H2;2*13H,1-2H2,(H,7,8)(H,9,10)(H,11,12)/t29?,31-,33?,34-;;/m1../s1. The number of hydrogen-bond donors (Lipinski definition) is 10. The molecule has 0 bridgehead atoms. The van der Waals surface area contributed by atoms with Gasteiger partial charge in [-0.15, -0.1) is 0 Å². The number of nitrogens with one attached hydrogen (secondary N) is 2. The number of carboxylic acid groups (broad SMARTS) is 6. The Morgan fingerprint density at radius 2 is 1.24 bits per heavy atom. The highest BCUT2D eigenvalue weighted by atomic mass is 35.5. The van der Waals surface area contributed by atoms with Crippen molar-refractivity contribution in [3.05, 3.63) is 113 Å². The van der Waals surface area contributed by atoms with Crippen LogP contribution in [0.3, 0.4) is 0 Å². The lowest BCUT2D eigenvalue weighted by molar-refractivity contribution is -0.531. The topological polar surface area (TPSA) is 329 Å². The van der Waals surface area contributed by atoms with Gasteiger partial charge in [0.2, 0.25) is 5.79 Å². The van der Waals surface area contributed by atoms with Crippen LogP contribution in [0.4, 0.5) is 5.69 Å². The van der Waals surface area contributed by atoms with Crippen LogP contribution in [-0.2, 0) is 48.9 Å². The van der Waals surface area contributed by atoms with Crippen molar-refractivity contribution in [3.8, 4) is 0 Å². The van der Waals surface area contributed by atoms with E-state index >= 15 is 0 Å². The number of nitrogens with zero attached hydrogens (tertiary/aromatic N) is 1. The van der Waals surface area contributed by atoms with Crippen molar-refractivity contribution in [2.45, 2.75) is 92.5 Å². The molecule has 358 valence electrons. The number of carboxylic acids is 6. The molecular weight excluding hydrogens is 902 g/mol. The fourth-order valence-electron chi connectivity index (χ4n) is 7.91. The molecule has 0 amide bonds. The van der Waals surface area contributed by atoms with Gasteiger partial charge in [0.05, 0.1) is 36.9 Å². The van der Waals surface area contributed by atoms with Crippen molar-refractivity contribution in [1.29, 1.82) is 0 Å². The Morgan fingerprint density at radius 3 is 1.76 bits per heavy atom. The van der Waals surface area contributed by atoms with E-state index in [1.807, 2.05) is 54.7 Å². The van der Waals surface area contributed by atoms with Gasteiger partial charge in [-0.05, 0) is 53.8 Å². The number of hydrogen-bond acceptors (Lipinski definition) is 14. The van der Waals surface area contributed by atoms with Crippen LogP contribution in [-0.4, -0.2) is 124 Å². The molecule has 3 aliphatic rings. The first-order valence-corrected chi connectivity index (χ1v) is 21.2. The van der Waals surface area contributed by atoms with Crippen LogP contribution >= 0.6 is 11.6 Å². The number of halogens is 1. The molecule has 4 aromatic rings. The van der Waals surface area contributed by atoms with E-state index in [1.165, 1.54) is 11.1 Å². The minimum absolute atomic E-state index is 0.219. The molecule has 2 aliphatic carbocycles. The van der Waals surface area contributed by atoms with E-state index in [1.54, 1.807) is 0 Å². The molecule has 1 aliphatic heterocycles. The smallest absolute Gasteiger partial charge is 0.336 e. The Morgan fingerprint density at radius 1 is 0.701 bits per heavy atom. The van der Waals surface area contributed by atoms with Crippen molar-refractivity contribution in [1.82, 2.24) is 10.3 Å². The Kier molecular flexibility index (Phi) is 17.1. The van der Waals surface area contributed by atoms with E-state index in [2.05, 4.69) is 58.1 Å². The molecule has 3 aromatic carbocycles. The highest BCUT2D eigenvalue weighted by Gasteiger charge is 2.57. The van der Waals surface area contributed by atoms with Gasteiger partial charge < -0.3 is 56.2 Å². The largest absolute Gasteiger partial charge is 0.481 e. The van der Waals surface area contributed by atoms with Gasteiger partial charge in [-0.2, -0.15) is 0 Å². The van der Waals surface area contributed by atoms with Gasteiger partial charge >= 0.3 is 35.8 Å². The Labute approximate surface area is 387 Å². The summed E-state index contributed by atoms with van der Waals surface area (Å²) >= 11 is 6.32. The van der Waals surface area contributed by atoms with E-state index in [0.717, 1.165) is 60.9 Å². The quantitative estimate of drug-likeness (QED) is 0.0504. The first-order chi connectivity index (χ1) is 31.7. The maximum atomic E-state index is 10.3. The second-order valence-corrected chi connectivity index (χ2v) is 16.7. The molecule has 2 heterocycles. The van der Waals surface area contributed by atoms with Gasteiger partial charge in [0.15, 0.2) is 16.8 Å². The molecule has 67 heavy (non-hydrogen) atoms. The minimum Gasteiger partial charge on any atom is -0.481 e. The van der Waals surface area contributed by atoms with E-state index in [-0.39, 0.29) is 6.10 Å². The van der Waals surface area contributed by atoms with E-state index in [4.69, 9.17) is 67.0 Å². The van der Waals surface area contributed by atoms with Crippen molar-refractivity contribution in [2.75, 3.05) is 18.4 Å². The number of fused-ring (bicyclic) bond motifs is 2. The van der Waals surface area contributed by atoms with Crippen molar-refractivity contribution in [3.63, 3.8) is 0 Å². The van der Waals surface area contributed by atoms with Crippen LogP contribution in [0.1, 0.15) is 68.9 Å². The van der Waals surface area contributed by atoms with Crippen LogP contribution in [0.25, 0.3) is 16.5 Å². The molecule has 1 spiro atoms. The molecule has 7 rings (SSSR count). The van der Waals surface area contributed by atoms with Gasteiger partial charge in [0.25, 0.3) is 0 Å². The van der Waals surface area contributed by atoms with Gasteiger partial charge in [0, 0.05) is 55.0 Å². The lowest BCUT2D eigenvalue weighted by Gasteiger charge is -2.49. The number of pyridine rings is 1. The van der Waals surface area contributed by atoms with Gasteiger partial charge in [0.1, 0.15) is 6.10 Å². The molecule has 2 fully saturated rings. The van der Waals surface area contributed by atoms with Crippen molar-refractivity contribution < 1.29 is 84.1 Å². The van der Waals surface area contributed by atoms with E-state index < -0.39 is 84.1 Å². The number of aliphatic hydroxyl groups is 2. The third-order valence-corrected chi connectivity index (χ3v) is 11.4. The summed E-state index contributed by atoms with van der Waals surface area (Å²) in [5, 5.41) is 76.6. The van der Waals surface area contributed by atoms with Crippen LogP contribution in [0, 0.1) is 0 Å². The number of aromatic nitrogens is 1. The van der Waals surface area contributed by atoms with E-state index in [9.17, 15) is 28.8 Å². The number of benzene rings is 3. The number of carbonyl (C=O) groups is 6. The van der Waals surface area contributed by atoms with Gasteiger partial charge in [-0.1, -0.05) is 78.3 Å². The number of anilines is 1. The highest BCUT2D eigenvalue weighted by Crippen LogP contribution is 2.53. The zero-order chi connectivity index (χ0) is 49.0. The van der Waals surface area contributed by atoms with Crippen LogP contribution in [0.15, 0.2) is 97.2 Å². The first-order valence-electron chi connectivity index (χ1n) is 20.8. The average molecular weight is 952 g/mol. The predicted molar refractivity (Wildman–Crippen MR) is 237 cm³/mol. The molecule has 1 saturated carbocycles. The van der Waals surface area contributed by atoms with Crippen LogP contribution in [0.5, 0.6) is 0 Å². The van der Waals surface area contributed by atoms with Crippen molar-refractivity contribution in [2.24, 2.45) is 0 Å². The summed E-state index contributed by atoms with van der Waals surface area (Å²) < 4.78 is 6.85. The Balaban J connectivity index is 0.000000267. The monoisotopic (exact) mass is 951 g/mol. The van der Waals surface area contributed by atoms with Crippen LogP contribution in [0.2, 0.25) is 5.02 Å². The van der Waals surface area contributed by atoms with Gasteiger partial charge in [-0.3, -0.25) is 24.2 Å². The lowest BCUT2D eigenvalue weighted by atomic mass is 9.85. The maximum Gasteiger partial charge on any atom is 0.336 e. The molecule has 21 heteroatoms. The summed E-state index contributed by atoms with van der Waals surface area (Å²) in [5.74, 6) is -10.8. The molecule has 0 radical (unpaired) electrons. The Hall–Kier alpha value is -6.52. The summed E-state index contributed by atoms with van der Waals surface area (Å²) in [6.07, 6.45) is 3.41. The molecule has 1 saturated heterocycles. The Bertz CT molecular complexity index is 2360. The summed E-state index contributed by atoms with van der Waals surface area (Å²) in [5.41, 5.74) is -0.765. The zero-order valence-corrected chi connectivity index (χ0v) is 36.5. The molecule has 20 nitrogen and oxygen atoms in total. The highest BCUT2D eigenvalue weighted by molar-refractivity contribution is 6.31. The van der Waals surface area contributed by atoms with Crippen LogP contribution < -0.4 is 10.6 Å². The summed E-state index contributed by atoms with van der Waals surface area (Å²) in [6.45, 7) is 1.61. The normalized spacial score (nSPS) is 21.0. The third-order valence-electron chi connectivity index (χ3n) is 11.2. The second kappa shape index (κ2) is 22.3. The second-order valence-electron chi connectivity index (χ2n) is 16.2. The fraction of sp³-hybridized carbons (Fsp3) is 0.370. The van der Waals surface area contributed by atoms with Gasteiger partial charge in [-0.25, -0.2) is 19.4 Å². The lowest BCUT2D eigenvalue weighted by Crippen LogP contribution is -2.56. The minimum atomic E-state index is -2.74. The van der Waals surface area contributed by atoms with Crippen molar-refractivity contribution >= 4 is 69.6 Å². The SMILES string of the molecule is Clc1cc(NCCNC2CCC3(CC2)OO[C@@]2(c4ccccc4)CC(c4ccccc4)=C[C@H]2O3)c2ncccc2c1.O=C(O)CC(O)(CC(=O)O)C(=O)O.O=C(O)CC(O)(CC(=O)O)C(=O)O. The maximum absolute atomic E-state index is 10.3. The molecule has 0 unspecified atom stereocenters. The summed E-state index contributed by atoms with van der Waals surface area (Å²) in [4.78, 5) is 78.1.